The summed E-state index contributed by atoms with van der Waals surface area (Å²) < 4.78 is 0.899. The minimum absolute atomic E-state index is 0.563. The maximum atomic E-state index is 5.68. The van der Waals surface area contributed by atoms with Crippen molar-refractivity contribution in [2.75, 3.05) is 5.73 Å². The van der Waals surface area contributed by atoms with E-state index in [0.717, 1.165) is 14.4 Å². The van der Waals surface area contributed by atoms with Crippen molar-refractivity contribution >= 4 is 33.1 Å². The number of nitrogen functional groups attached to an aromatic ring is 1. The van der Waals surface area contributed by atoms with Crippen LogP contribution in [0, 0.1) is 6.92 Å². The van der Waals surface area contributed by atoms with Gasteiger partial charge in [0.2, 0.25) is 0 Å². The third-order valence-corrected chi connectivity index (χ3v) is 3.77. The maximum absolute atomic E-state index is 5.68. The summed E-state index contributed by atoms with van der Waals surface area (Å²) in [5.41, 5.74) is 8.04. The largest absolute Gasteiger partial charge is 0.382 e. The van der Waals surface area contributed by atoms with Crippen LogP contribution in [0.15, 0.2) is 28.1 Å². The van der Waals surface area contributed by atoms with E-state index in [1.807, 2.05) is 12.1 Å². The number of rotatable bonds is 1. The summed E-state index contributed by atoms with van der Waals surface area (Å²) in [4.78, 5) is 4.29. The first-order chi connectivity index (χ1) is 6.68. The normalized spacial score (nSPS) is 10.4. The molecule has 0 unspecified atom stereocenters. The zero-order valence-electron chi connectivity index (χ0n) is 7.62. The molecule has 2 N–H and O–H groups in total. The lowest BCUT2D eigenvalue weighted by Gasteiger charge is -1.99. The van der Waals surface area contributed by atoms with Crippen molar-refractivity contribution in [1.29, 1.82) is 0 Å². The highest BCUT2D eigenvalue weighted by Crippen LogP contribution is 2.34. The van der Waals surface area contributed by atoms with E-state index >= 15 is 0 Å². The predicted molar refractivity (Wildman–Crippen MR) is 64.4 cm³/mol. The fraction of sp³-hybridized carbons (Fsp3) is 0.100. The van der Waals surface area contributed by atoms with Gasteiger partial charge in [-0.3, -0.25) is 0 Å². The van der Waals surface area contributed by atoms with E-state index in [0.29, 0.717) is 5.82 Å². The second-order valence-corrected chi connectivity index (χ2v) is 5.31. The van der Waals surface area contributed by atoms with E-state index in [2.05, 4.69) is 40.0 Å². The van der Waals surface area contributed by atoms with Crippen LogP contribution in [0.5, 0.6) is 0 Å². The summed E-state index contributed by atoms with van der Waals surface area (Å²) in [6.45, 7) is 2.07. The molecule has 0 radical (unpaired) electrons. The summed E-state index contributed by atoms with van der Waals surface area (Å²) in [7, 11) is 0. The molecule has 0 spiro atoms. The Morgan fingerprint density at radius 1 is 1.36 bits per heavy atom. The summed E-state index contributed by atoms with van der Waals surface area (Å²) in [5.74, 6) is 0.563. The Morgan fingerprint density at radius 3 is 2.64 bits per heavy atom. The molecular formula is C10H9BrN2S. The summed E-state index contributed by atoms with van der Waals surface area (Å²) in [5, 5.41) is 0.965. The van der Waals surface area contributed by atoms with Crippen LogP contribution in [-0.2, 0) is 0 Å². The number of aryl methyl sites for hydroxylation is 1. The van der Waals surface area contributed by atoms with E-state index in [-0.39, 0.29) is 0 Å². The van der Waals surface area contributed by atoms with Gasteiger partial charge in [-0.05, 0) is 28.4 Å². The average molecular weight is 269 g/mol. The van der Waals surface area contributed by atoms with E-state index < -0.39 is 0 Å². The SMILES string of the molecule is Cc1ccccc1-c1nc(N)c(Br)s1. The molecular weight excluding hydrogens is 260 g/mol. The van der Waals surface area contributed by atoms with Crippen molar-refractivity contribution in [2.45, 2.75) is 6.92 Å². The van der Waals surface area contributed by atoms with E-state index in [1.54, 1.807) is 11.3 Å². The molecule has 0 bridgehead atoms. The smallest absolute Gasteiger partial charge is 0.149 e. The molecule has 0 amide bonds. The van der Waals surface area contributed by atoms with Crippen molar-refractivity contribution in [2.24, 2.45) is 0 Å². The van der Waals surface area contributed by atoms with Crippen molar-refractivity contribution in [3.63, 3.8) is 0 Å². The van der Waals surface area contributed by atoms with Crippen molar-refractivity contribution in [3.8, 4) is 10.6 Å². The lowest BCUT2D eigenvalue weighted by Crippen LogP contribution is -1.85. The number of thiazole rings is 1. The van der Waals surface area contributed by atoms with Crippen LogP contribution in [0.25, 0.3) is 10.6 Å². The van der Waals surface area contributed by atoms with Crippen LogP contribution >= 0.6 is 27.3 Å². The minimum Gasteiger partial charge on any atom is -0.382 e. The van der Waals surface area contributed by atoms with Gasteiger partial charge in [-0.2, -0.15) is 0 Å². The first-order valence-corrected chi connectivity index (χ1v) is 5.77. The molecule has 2 nitrogen and oxygen atoms in total. The number of nitrogens with zero attached hydrogens (tertiary/aromatic N) is 1. The van der Waals surface area contributed by atoms with Gasteiger partial charge in [0.25, 0.3) is 0 Å². The standard InChI is InChI=1S/C10H9BrN2S/c1-6-4-2-3-5-7(6)10-13-9(12)8(11)14-10/h2-5H,12H2,1H3. The second kappa shape index (κ2) is 3.71. The number of benzene rings is 1. The van der Waals surface area contributed by atoms with Crippen LogP contribution in [-0.4, -0.2) is 4.98 Å². The highest BCUT2D eigenvalue weighted by molar-refractivity contribution is 9.11. The number of nitrogens with two attached hydrogens (primary N) is 1. The lowest BCUT2D eigenvalue weighted by atomic mass is 10.1. The molecule has 4 heteroatoms. The van der Waals surface area contributed by atoms with E-state index in [9.17, 15) is 0 Å². The number of halogens is 1. The summed E-state index contributed by atoms with van der Waals surface area (Å²) in [6.07, 6.45) is 0. The Morgan fingerprint density at radius 2 is 2.07 bits per heavy atom. The number of aromatic nitrogens is 1. The molecule has 0 saturated carbocycles. The molecule has 2 rings (SSSR count). The van der Waals surface area contributed by atoms with Gasteiger partial charge in [0.15, 0.2) is 0 Å². The topological polar surface area (TPSA) is 38.9 Å². The number of hydrogen-bond acceptors (Lipinski definition) is 3. The van der Waals surface area contributed by atoms with Crippen molar-refractivity contribution in [1.82, 2.24) is 4.98 Å². The van der Waals surface area contributed by atoms with Crippen LogP contribution in [0.2, 0.25) is 0 Å². The molecule has 72 valence electrons. The predicted octanol–water partition coefficient (Wildman–Crippen LogP) is 3.46. The minimum atomic E-state index is 0.563. The zero-order valence-corrected chi connectivity index (χ0v) is 10.0. The monoisotopic (exact) mass is 268 g/mol. The van der Waals surface area contributed by atoms with Crippen LogP contribution in [0.4, 0.5) is 5.82 Å². The first kappa shape index (κ1) is 9.68. The average Bonchev–Trinajstić information content (AvgIpc) is 2.48. The summed E-state index contributed by atoms with van der Waals surface area (Å²) in [6, 6.07) is 8.15. The number of hydrogen-bond donors (Lipinski definition) is 1. The molecule has 1 heterocycles. The van der Waals surface area contributed by atoms with Gasteiger partial charge < -0.3 is 5.73 Å². The Kier molecular flexibility index (Phi) is 2.56. The van der Waals surface area contributed by atoms with Gasteiger partial charge in [0.1, 0.15) is 14.6 Å². The third kappa shape index (κ3) is 1.67. The molecule has 0 saturated heterocycles. The van der Waals surface area contributed by atoms with Crippen molar-refractivity contribution < 1.29 is 0 Å². The molecule has 1 aromatic heterocycles. The Balaban J connectivity index is 2.55. The number of anilines is 1. The van der Waals surface area contributed by atoms with Gasteiger partial charge in [0, 0.05) is 5.56 Å². The van der Waals surface area contributed by atoms with Crippen LogP contribution in [0.3, 0.4) is 0 Å². The lowest BCUT2D eigenvalue weighted by molar-refractivity contribution is 1.38. The zero-order chi connectivity index (χ0) is 10.1. The Labute approximate surface area is 94.9 Å². The summed E-state index contributed by atoms with van der Waals surface area (Å²) >= 11 is 4.93. The quantitative estimate of drug-likeness (QED) is 0.861. The molecule has 2 aromatic rings. The molecule has 0 aliphatic carbocycles. The highest BCUT2D eigenvalue weighted by atomic mass is 79.9. The third-order valence-electron chi connectivity index (χ3n) is 1.99. The fourth-order valence-corrected chi connectivity index (χ4v) is 2.59. The van der Waals surface area contributed by atoms with Crippen molar-refractivity contribution in [3.05, 3.63) is 33.6 Å². The molecule has 0 aliphatic heterocycles. The van der Waals surface area contributed by atoms with Gasteiger partial charge in [-0.25, -0.2) is 4.98 Å². The fourth-order valence-electron chi connectivity index (χ4n) is 1.24. The molecule has 14 heavy (non-hydrogen) atoms. The van der Waals surface area contributed by atoms with E-state index in [4.69, 9.17) is 5.73 Å². The molecule has 0 atom stereocenters. The first-order valence-electron chi connectivity index (χ1n) is 4.16. The molecule has 1 aromatic carbocycles. The van der Waals surface area contributed by atoms with Gasteiger partial charge in [0.05, 0.1) is 0 Å². The van der Waals surface area contributed by atoms with Crippen LogP contribution in [0.1, 0.15) is 5.56 Å². The van der Waals surface area contributed by atoms with Gasteiger partial charge in [-0.15, -0.1) is 11.3 Å². The van der Waals surface area contributed by atoms with Crippen LogP contribution < -0.4 is 5.73 Å². The Bertz CT molecular complexity index is 445. The highest BCUT2D eigenvalue weighted by Gasteiger charge is 2.08. The Hall–Kier alpha value is -0.870. The maximum Gasteiger partial charge on any atom is 0.149 e. The van der Waals surface area contributed by atoms with Gasteiger partial charge >= 0.3 is 0 Å². The van der Waals surface area contributed by atoms with E-state index in [1.165, 1.54) is 5.56 Å². The van der Waals surface area contributed by atoms with Gasteiger partial charge in [-0.1, -0.05) is 24.3 Å². The second-order valence-electron chi connectivity index (χ2n) is 2.99. The molecule has 0 fully saturated rings. The molecule has 0 aliphatic rings.